The summed E-state index contributed by atoms with van der Waals surface area (Å²) in [6, 6.07) is -1.20. The first-order chi connectivity index (χ1) is 9.83. The molecular weight excluding hydrogens is 294 g/mol. The molecule has 0 aliphatic carbocycles. The van der Waals surface area contributed by atoms with Gasteiger partial charge in [0, 0.05) is 26.4 Å². The van der Waals surface area contributed by atoms with Crippen LogP contribution in [0.2, 0.25) is 0 Å². The maximum absolute atomic E-state index is 12.6. The molecule has 1 aliphatic heterocycles. The number of hydrogen-bond donors (Lipinski definition) is 1. The molecule has 3 amide bonds. The highest BCUT2D eigenvalue weighted by molar-refractivity contribution is 8.00. The smallest absolute Gasteiger partial charge is 0.327 e. The largest absolute Gasteiger partial charge is 0.480 e. The first-order valence-electron chi connectivity index (χ1n) is 6.95. The number of carbonyl (C=O) groups excluding carboxylic acids is 2. The van der Waals surface area contributed by atoms with Crippen LogP contribution < -0.4 is 0 Å². The lowest BCUT2D eigenvalue weighted by Crippen LogP contribution is -2.53. The maximum Gasteiger partial charge on any atom is 0.327 e. The molecule has 1 rings (SSSR count). The summed E-state index contributed by atoms with van der Waals surface area (Å²) >= 11 is 1.47. The minimum absolute atomic E-state index is 0.0354. The Labute approximate surface area is 129 Å². The Hall–Kier alpha value is -1.44. The standard InChI is InChI=1S/C13H23N3O4S/c1-5-11-16(9(8-21-11)12(18)19)13(20)15(6-2)7-10(17)14(3)4/h9,11H,5-8H2,1-4H3,(H,18,19). The molecule has 8 heteroatoms. The Morgan fingerprint density at radius 2 is 1.90 bits per heavy atom. The highest BCUT2D eigenvalue weighted by atomic mass is 32.2. The van der Waals surface area contributed by atoms with Crippen LogP contribution in [-0.2, 0) is 9.59 Å². The van der Waals surface area contributed by atoms with Crippen molar-refractivity contribution in [3.8, 4) is 0 Å². The summed E-state index contributed by atoms with van der Waals surface area (Å²) in [5, 5.41) is 9.12. The number of carboxylic acid groups (broad SMARTS) is 1. The van der Waals surface area contributed by atoms with E-state index in [2.05, 4.69) is 0 Å². The van der Waals surface area contributed by atoms with E-state index in [9.17, 15) is 19.5 Å². The number of likely N-dealkylation sites (N-methyl/N-ethyl adjacent to an activating group) is 2. The van der Waals surface area contributed by atoms with Crippen LogP contribution in [0.5, 0.6) is 0 Å². The van der Waals surface area contributed by atoms with E-state index < -0.39 is 12.0 Å². The monoisotopic (exact) mass is 317 g/mol. The number of rotatable bonds is 5. The predicted octanol–water partition coefficient (Wildman–Crippen LogP) is 0.755. The van der Waals surface area contributed by atoms with Gasteiger partial charge < -0.3 is 14.9 Å². The molecule has 0 radical (unpaired) electrons. The second-order valence-electron chi connectivity index (χ2n) is 5.04. The average Bonchev–Trinajstić information content (AvgIpc) is 2.87. The van der Waals surface area contributed by atoms with Crippen molar-refractivity contribution in [2.75, 3.05) is 32.9 Å². The SMILES string of the molecule is CCC1SCC(C(=O)O)N1C(=O)N(CC)CC(=O)N(C)C. The van der Waals surface area contributed by atoms with E-state index in [1.807, 2.05) is 6.92 Å². The summed E-state index contributed by atoms with van der Waals surface area (Å²) in [6.07, 6.45) is 0.680. The summed E-state index contributed by atoms with van der Waals surface area (Å²) in [4.78, 5) is 39.9. The fourth-order valence-corrected chi connectivity index (χ4v) is 3.45. The van der Waals surface area contributed by atoms with Crippen LogP contribution in [0.1, 0.15) is 20.3 Å². The van der Waals surface area contributed by atoms with Crippen LogP contribution in [0.25, 0.3) is 0 Å². The van der Waals surface area contributed by atoms with Crippen molar-refractivity contribution in [2.45, 2.75) is 31.7 Å². The number of amides is 3. The summed E-state index contributed by atoms with van der Waals surface area (Å²) in [6.45, 7) is 4.03. The lowest BCUT2D eigenvalue weighted by Gasteiger charge is -2.32. The highest BCUT2D eigenvalue weighted by Gasteiger charge is 2.42. The number of aliphatic carboxylic acids is 1. The second kappa shape index (κ2) is 7.53. The third kappa shape index (κ3) is 4.03. The summed E-state index contributed by atoms with van der Waals surface area (Å²) < 4.78 is 0. The van der Waals surface area contributed by atoms with E-state index in [1.165, 1.54) is 26.5 Å². The van der Waals surface area contributed by atoms with E-state index >= 15 is 0 Å². The molecule has 1 heterocycles. The van der Waals surface area contributed by atoms with Crippen molar-refractivity contribution < 1.29 is 19.5 Å². The molecule has 0 aromatic carbocycles. The second-order valence-corrected chi connectivity index (χ2v) is 6.25. The van der Waals surface area contributed by atoms with Gasteiger partial charge in [0.05, 0.1) is 5.37 Å². The number of carbonyl (C=O) groups is 3. The molecule has 0 aromatic heterocycles. The van der Waals surface area contributed by atoms with Gasteiger partial charge in [0.15, 0.2) is 0 Å². The Morgan fingerprint density at radius 3 is 2.33 bits per heavy atom. The van der Waals surface area contributed by atoms with Gasteiger partial charge in [0.2, 0.25) is 5.91 Å². The number of nitrogens with zero attached hydrogens (tertiary/aromatic N) is 3. The quantitative estimate of drug-likeness (QED) is 0.809. The van der Waals surface area contributed by atoms with Gasteiger partial charge in [-0.2, -0.15) is 0 Å². The first-order valence-corrected chi connectivity index (χ1v) is 8.00. The van der Waals surface area contributed by atoms with Crippen LogP contribution >= 0.6 is 11.8 Å². The molecule has 21 heavy (non-hydrogen) atoms. The molecule has 1 saturated heterocycles. The predicted molar refractivity (Wildman–Crippen MR) is 81.1 cm³/mol. The molecule has 120 valence electrons. The molecule has 2 unspecified atom stereocenters. The molecule has 1 fully saturated rings. The molecule has 0 aromatic rings. The zero-order chi connectivity index (χ0) is 16.2. The third-order valence-electron chi connectivity index (χ3n) is 3.42. The van der Waals surface area contributed by atoms with Crippen molar-refractivity contribution >= 4 is 29.7 Å². The average molecular weight is 317 g/mol. The first kappa shape index (κ1) is 17.6. The van der Waals surface area contributed by atoms with E-state index in [4.69, 9.17) is 0 Å². The highest BCUT2D eigenvalue weighted by Crippen LogP contribution is 2.32. The van der Waals surface area contributed by atoms with Gasteiger partial charge in [-0.1, -0.05) is 6.92 Å². The van der Waals surface area contributed by atoms with Crippen LogP contribution in [-0.4, -0.2) is 82.1 Å². The lowest BCUT2D eigenvalue weighted by molar-refractivity contribution is -0.141. The number of thioether (sulfide) groups is 1. The Balaban J connectivity index is 2.90. The van der Waals surface area contributed by atoms with E-state index in [-0.39, 0.29) is 23.9 Å². The molecule has 1 aliphatic rings. The van der Waals surface area contributed by atoms with E-state index in [1.54, 1.807) is 21.0 Å². The summed E-state index contributed by atoms with van der Waals surface area (Å²) in [5.74, 6) is -0.794. The van der Waals surface area contributed by atoms with Gasteiger partial charge in [-0.15, -0.1) is 11.8 Å². The third-order valence-corrected chi connectivity index (χ3v) is 4.88. The van der Waals surface area contributed by atoms with Gasteiger partial charge in [0.1, 0.15) is 12.6 Å². The van der Waals surface area contributed by atoms with Gasteiger partial charge in [-0.3, -0.25) is 9.69 Å². The summed E-state index contributed by atoms with van der Waals surface area (Å²) in [5.41, 5.74) is 0. The van der Waals surface area contributed by atoms with Gasteiger partial charge >= 0.3 is 12.0 Å². The molecular formula is C13H23N3O4S. The zero-order valence-electron chi connectivity index (χ0n) is 12.9. The molecule has 1 N–H and O–H groups in total. The van der Waals surface area contributed by atoms with Gasteiger partial charge in [-0.05, 0) is 13.3 Å². The van der Waals surface area contributed by atoms with Crippen molar-refractivity contribution in [1.82, 2.24) is 14.7 Å². The minimum Gasteiger partial charge on any atom is -0.480 e. The molecule has 2 atom stereocenters. The van der Waals surface area contributed by atoms with Crippen LogP contribution in [0.3, 0.4) is 0 Å². The van der Waals surface area contributed by atoms with Crippen molar-refractivity contribution in [3.63, 3.8) is 0 Å². The van der Waals surface area contributed by atoms with Gasteiger partial charge in [-0.25, -0.2) is 9.59 Å². The minimum atomic E-state index is -0.998. The van der Waals surface area contributed by atoms with E-state index in [0.717, 1.165) is 0 Å². The molecule has 7 nitrogen and oxygen atoms in total. The lowest BCUT2D eigenvalue weighted by atomic mass is 10.2. The van der Waals surface area contributed by atoms with E-state index in [0.29, 0.717) is 18.7 Å². The number of carboxylic acids is 1. The van der Waals surface area contributed by atoms with Crippen LogP contribution in [0.15, 0.2) is 0 Å². The number of hydrogen-bond acceptors (Lipinski definition) is 4. The van der Waals surface area contributed by atoms with Crippen molar-refractivity contribution in [2.24, 2.45) is 0 Å². The molecule has 0 bridgehead atoms. The molecule has 0 saturated carbocycles. The Morgan fingerprint density at radius 1 is 1.29 bits per heavy atom. The fraction of sp³-hybridized carbons (Fsp3) is 0.769. The van der Waals surface area contributed by atoms with Crippen molar-refractivity contribution in [3.05, 3.63) is 0 Å². The normalized spacial score (nSPS) is 21.2. The number of urea groups is 1. The zero-order valence-corrected chi connectivity index (χ0v) is 13.7. The topological polar surface area (TPSA) is 81.2 Å². The molecule has 0 spiro atoms. The van der Waals surface area contributed by atoms with Crippen LogP contribution in [0.4, 0.5) is 4.79 Å². The maximum atomic E-state index is 12.6. The van der Waals surface area contributed by atoms with Crippen molar-refractivity contribution in [1.29, 1.82) is 0 Å². The Kier molecular flexibility index (Phi) is 6.32. The summed E-state index contributed by atoms with van der Waals surface area (Å²) in [7, 11) is 3.25. The van der Waals surface area contributed by atoms with Crippen LogP contribution in [0, 0.1) is 0 Å². The van der Waals surface area contributed by atoms with Gasteiger partial charge in [0.25, 0.3) is 0 Å². The fourth-order valence-electron chi connectivity index (χ4n) is 2.11. The Bertz CT molecular complexity index is 416.